The molecule has 3 N–H and O–H groups in total. The number of nitrogens with one attached hydrogen (secondary N) is 2. The summed E-state index contributed by atoms with van der Waals surface area (Å²) < 4.78 is 5.39. The molecule has 7 heteroatoms. The van der Waals surface area contributed by atoms with Crippen molar-refractivity contribution in [3.05, 3.63) is 29.8 Å². The Kier molecular flexibility index (Phi) is 6.17. The Labute approximate surface area is 140 Å². The lowest BCUT2D eigenvalue weighted by molar-refractivity contribution is -0.141. The van der Waals surface area contributed by atoms with Crippen molar-refractivity contribution in [3.8, 4) is 5.75 Å². The molecular formula is C17H22N2O5. The Balaban J connectivity index is 1.82. The number of benzene rings is 1. The van der Waals surface area contributed by atoms with Crippen LogP contribution in [-0.4, -0.2) is 42.1 Å². The highest BCUT2D eigenvalue weighted by atomic mass is 16.5. The summed E-state index contributed by atoms with van der Waals surface area (Å²) in [6.45, 7) is 2.11. The van der Waals surface area contributed by atoms with Gasteiger partial charge in [-0.25, -0.2) is 0 Å². The van der Waals surface area contributed by atoms with E-state index < -0.39 is 11.9 Å². The molecule has 1 aromatic rings. The number of hydrogen-bond donors (Lipinski definition) is 3. The Morgan fingerprint density at radius 2 is 2.00 bits per heavy atom. The third-order valence-electron chi connectivity index (χ3n) is 3.99. The fourth-order valence-electron chi connectivity index (χ4n) is 2.81. The molecule has 1 saturated carbocycles. The van der Waals surface area contributed by atoms with E-state index in [1.807, 2.05) is 6.92 Å². The Bertz CT molecular complexity index is 617. The average Bonchev–Trinajstić information content (AvgIpc) is 3.02. The SMILES string of the molecule is CCOc1ccccc1C(=O)NCC(=O)N[C@H]1CC[C@@H](C(=O)O)C1. The van der Waals surface area contributed by atoms with Crippen LogP contribution in [0.25, 0.3) is 0 Å². The number of ether oxygens (including phenoxy) is 1. The van der Waals surface area contributed by atoms with E-state index >= 15 is 0 Å². The molecule has 0 spiro atoms. The number of amides is 2. The van der Waals surface area contributed by atoms with Crippen molar-refractivity contribution in [2.24, 2.45) is 5.92 Å². The van der Waals surface area contributed by atoms with Crippen LogP contribution in [0, 0.1) is 5.92 Å². The van der Waals surface area contributed by atoms with Crippen LogP contribution >= 0.6 is 0 Å². The molecule has 0 unspecified atom stereocenters. The van der Waals surface area contributed by atoms with Gasteiger partial charge >= 0.3 is 5.97 Å². The summed E-state index contributed by atoms with van der Waals surface area (Å²) in [6, 6.07) is 6.68. The monoisotopic (exact) mass is 334 g/mol. The van der Waals surface area contributed by atoms with Crippen LogP contribution in [0.15, 0.2) is 24.3 Å². The van der Waals surface area contributed by atoms with Crippen LogP contribution in [0.1, 0.15) is 36.5 Å². The molecule has 0 saturated heterocycles. The summed E-state index contributed by atoms with van der Waals surface area (Å²) in [5, 5.41) is 14.3. The average molecular weight is 334 g/mol. The molecule has 24 heavy (non-hydrogen) atoms. The van der Waals surface area contributed by atoms with E-state index in [1.54, 1.807) is 24.3 Å². The lowest BCUT2D eigenvalue weighted by Gasteiger charge is -2.14. The molecule has 2 amide bonds. The number of carboxylic acid groups (broad SMARTS) is 1. The molecule has 0 radical (unpaired) electrons. The standard InChI is InChI=1S/C17H22N2O5/c1-2-24-14-6-4-3-5-13(14)16(21)18-10-15(20)19-12-8-7-11(9-12)17(22)23/h3-6,11-12H,2,7-10H2,1H3,(H,18,21)(H,19,20)(H,22,23)/t11-,12+/m1/s1. The first-order valence-corrected chi connectivity index (χ1v) is 8.03. The second-order valence-electron chi connectivity index (χ2n) is 5.72. The van der Waals surface area contributed by atoms with Crippen molar-refractivity contribution in [1.29, 1.82) is 0 Å². The van der Waals surface area contributed by atoms with E-state index in [1.165, 1.54) is 0 Å². The topological polar surface area (TPSA) is 105 Å². The maximum atomic E-state index is 12.2. The molecular weight excluding hydrogens is 312 g/mol. The number of carboxylic acids is 1. The van der Waals surface area contributed by atoms with Gasteiger partial charge in [0.1, 0.15) is 5.75 Å². The zero-order chi connectivity index (χ0) is 17.5. The van der Waals surface area contributed by atoms with Gasteiger partial charge in [-0.05, 0) is 38.3 Å². The number of hydrogen-bond acceptors (Lipinski definition) is 4. The lowest BCUT2D eigenvalue weighted by atomic mass is 10.1. The number of rotatable bonds is 7. The summed E-state index contributed by atoms with van der Waals surface area (Å²) in [7, 11) is 0. The first-order chi connectivity index (χ1) is 11.5. The van der Waals surface area contributed by atoms with E-state index in [0.29, 0.717) is 37.2 Å². The zero-order valence-corrected chi connectivity index (χ0v) is 13.6. The molecule has 1 aliphatic carbocycles. The fraction of sp³-hybridized carbons (Fsp3) is 0.471. The van der Waals surface area contributed by atoms with E-state index in [9.17, 15) is 14.4 Å². The number of carbonyl (C=O) groups excluding carboxylic acids is 2. The van der Waals surface area contributed by atoms with E-state index in [-0.39, 0.29) is 24.4 Å². The Morgan fingerprint density at radius 1 is 1.25 bits per heavy atom. The third kappa shape index (κ3) is 4.71. The van der Waals surface area contributed by atoms with Crippen LogP contribution in [0.2, 0.25) is 0 Å². The summed E-state index contributed by atoms with van der Waals surface area (Å²) in [5.41, 5.74) is 0.374. The molecule has 130 valence electrons. The molecule has 2 atom stereocenters. The molecule has 0 aromatic heterocycles. The highest BCUT2D eigenvalue weighted by molar-refractivity contribution is 5.98. The lowest BCUT2D eigenvalue weighted by Crippen LogP contribution is -2.41. The summed E-state index contributed by atoms with van der Waals surface area (Å²) in [4.78, 5) is 35.0. The van der Waals surface area contributed by atoms with E-state index in [2.05, 4.69) is 10.6 Å². The van der Waals surface area contributed by atoms with Crippen LogP contribution in [0.3, 0.4) is 0 Å². The highest BCUT2D eigenvalue weighted by Gasteiger charge is 2.30. The van der Waals surface area contributed by atoms with Gasteiger partial charge < -0.3 is 20.5 Å². The van der Waals surface area contributed by atoms with E-state index in [4.69, 9.17) is 9.84 Å². The highest BCUT2D eigenvalue weighted by Crippen LogP contribution is 2.25. The predicted octanol–water partition coefficient (Wildman–Crippen LogP) is 1.18. The quantitative estimate of drug-likeness (QED) is 0.694. The second-order valence-corrected chi connectivity index (χ2v) is 5.72. The van der Waals surface area contributed by atoms with Crippen LogP contribution < -0.4 is 15.4 Å². The normalized spacial score (nSPS) is 19.5. The minimum absolute atomic E-state index is 0.147. The predicted molar refractivity (Wildman–Crippen MR) is 86.9 cm³/mol. The summed E-state index contributed by atoms with van der Waals surface area (Å²) in [5.74, 6) is -1.47. The Hall–Kier alpha value is -2.57. The van der Waals surface area contributed by atoms with Gasteiger partial charge in [-0.15, -0.1) is 0 Å². The first kappa shape index (κ1) is 17.8. The van der Waals surface area contributed by atoms with Gasteiger partial charge in [0.05, 0.1) is 24.6 Å². The summed E-state index contributed by atoms with van der Waals surface area (Å²) >= 11 is 0. The smallest absolute Gasteiger partial charge is 0.306 e. The van der Waals surface area contributed by atoms with Crippen molar-refractivity contribution in [3.63, 3.8) is 0 Å². The molecule has 7 nitrogen and oxygen atoms in total. The van der Waals surface area contributed by atoms with Crippen molar-refractivity contribution in [1.82, 2.24) is 10.6 Å². The van der Waals surface area contributed by atoms with Gasteiger partial charge in [0.2, 0.25) is 5.91 Å². The van der Waals surface area contributed by atoms with Crippen LogP contribution in [0.5, 0.6) is 5.75 Å². The van der Waals surface area contributed by atoms with Crippen molar-refractivity contribution in [2.75, 3.05) is 13.2 Å². The fourth-order valence-corrected chi connectivity index (χ4v) is 2.81. The molecule has 1 fully saturated rings. The molecule has 2 rings (SSSR count). The zero-order valence-electron chi connectivity index (χ0n) is 13.6. The van der Waals surface area contributed by atoms with Gasteiger partial charge in [-0.1, -0.05) is 12.1 Å². The molecule has 1 aromatic carbocycles. The van der Waals surface area contributed by atoms with Crippen LogP contribution in [0.4, 0.5) is 0 Å². The van der Waals surface area contributed by atoms with Crippen molar-refractivity contribution < 1.29 is 24.2 Å². The molecule has 0 aliphatic heterocycles. The molecule has 0 heterocycles. The number of para-hydroxylation sites is 1. The van der Waals surface area contributed by atoms with Crippen molar-refractivity contribution in [2.45, 2.75) is 32.2 Å². The molecule has 1 aliphatic rings. The minimum atomic E-state index is -0.826. The third-order valence-corrected chi connectivity index (χ3v) is 3.99. The Morgan fingerprint density at radius 3 is 2.67 bits per heavy atom. The van der Waals surface area contributed by atoms with Gasteiger partial charge in [-0.2, -0.15) is 0 Å². The van der Waals surface area contributed by atoms with Gasteiger partial charge in [-0.3, -0.25) is 14.4 Å². The molecule has 0 bridgehead atoms. The number of carbonyl (C=O) groups is 3. The number of aliphatic carboxylic acids is 1. The van der Waals surface area contributed by atoms with E-state index in [0.717, 1.165) is 0 Å². The van der Waals surface area contributed by atoms with Gasteiger partial charge in [0.15, 0.2) is 0 Å². The first-order valence-electron chi connectivity index (χ1n) is 8.03. The maximum Gasteiger partial charge on any atom is 0.306 e. The van der Waals surface area contributed by atoms with Crippen molar-refractivity contribution >= 4 is 17.8 Å². The largest absolute Gasteiger partial charge is 0.493 e. The van der Waals surface area contributed by atoms with Crippen LogP contribution in [-0.2, 0) is 9.59 Å². The van der Waals surface area contributed by atoms with Gasteiger partial charge in [0.25, 0.3) is 5.91 Å². The summed E-state index contributed by atoms with van der Waals surface area (Å²) in [6.07, 6.45) is 1.64. The second kappa shape index (κ2) is 8.33. The maximum absolute atomic E-state index is 12.2. The minimum Gasteiger partial charge on any atom is -0.493 e. The van der Waals surface area contributed by atoms with Gasteiger partial charge in [0, 0.05) is 6.04 Å².